The highest BCUT2D eigenvalue weighted by molar-refractivity contribution is 9.10. The molecule has 1 fully saturated rings. The van der Waals surface area contributed by atoms with Crippen LogP contribution in [-0.2, 0) is 9.59 Å². The van der Waals surface area contributed by atoms with Gasteiger partial charge in [0.1, 0.15) is 0 Å². The summed E-state index contributed by atoms with van der Waals surface area (Å²) in [5, 5.41) is 0.895. The molecule has 5 heteroatoms. The fourth-order valence-electron chi connectivity index (χ4n) is 2.34. The zero-order valence-corrected chi connectivity index (χ0v) is 11.8. The van der Waals surface area contributed by atoms with Gasteiger partial charge >= 0.3 is 0 Å². The fourth-order valence-corrected chi connectivity index (χ4v) is 2.68. The Bertz CT molecular complexity index is 699. The number of nitrogens with zero attached hydrogens (tertiary/aromatic N) is 2. The molecule has 0 spiro atoms. The Morgan fingerprint density at radius 3 is 2.84 bits per heavy atom. The number of hydrogen-bond donors (Lipinski definition) is 0. The normalized spacial score (nSPS) is 19.5. The van der Waals surface area contributed by atoms with Gasteiger partial charge in [-0.2, -0.15) is 0 Å². The van der Waals surface area contributed by atoms with E-state index in [0.717, 1.165) is 9.86 Å². The van der Waals surface area contributed by atoms with Gasteiger partial charge < -0.3 is 0 Å². The van der Waals surface area contributed by atoms with Gasteiger partial charge in [-0.25, -0.2) is 4.90 Å². The van der Waals surface area contributed by atoms with Crippen LogP contribution in [0.2, 0.25) is 0 Å². The van der Waals surface area contributed by atoms with Gasteiger partial charge in [0.2, 0.25) is 11.8 Å². The van der Waals surface area contributed by atoms with Crippen LogP contribution in [0.25, 0.3) is 10.9 Å². The molecule has 1 aromatic carbocycles. The summed E-state index contributed by atoms with van der Waals surface area (Å²) < 4.78 is 0.865. The van der Waals surface area contributed by atoms with Gasteiger partial charge in [0.05, 0.1) is 11.2 Å². The maximum atomic E-state index is 12.1. The minimum Gasteiger partial charge on any atom is -0.274 e. The average molecular weight is 319 g/mol. The van der Waals surface area contributed by atoms with E-state index >= 15 is 0 Å². The van der Waals surface area contributed by atoms with E-state index in [1.807, 2.05) is 18.2 Å². The monoisotopic (exact) mass is 318 g/mol. The van der Waals surface area contributed by atoms with E-state index in [0.29, 0.717) is 11.2 Å². The number of halogens is 1. The van der Waals surface area contributed by atoms with Crippen LogP contribution >= 0.6 is 15.9 Å². The molecule has 1 saturated heterocycles. The predicted octanol–water partition coefficient (Wildman–Crippen LogP) is 2.90. The predicted molar refractivity (Wildman–Crippen MR) is 75.7 cm³/mol. The first-order valence-corrected chi connectivity index (χ1v) is 6.78. The van der Waals surface area contributed by atoms with Crippen LogP contribution in [0, 0.1) is 5.92 Å². The number of anilines is 1. The van der Waals surface area contributed by atoms with Crippen LogP contribution < -0.4 is 4.90 Å². The lowest BCUT2D eigenvalue weighted by molar-refractivity contribution is -0.122. The highest BCUT2D eigenvalue weighted by atomic mass is 79.9. The summed E-state index contributed by atoms with van der Waals surface area (Å²) in [5.41, 5.74) is 1.24. The first-order chi connectivity index (χ1) is 9.08. The number of imide groups is 1. The van der Waals surface area contributed by atoms with E-state index in [9.17, 15) is 9.59 Å². The number of carbonyl (C=O) groups excluding carboxylic acids is 2. The second kappa shape index (κ2) is 4.42. The number of rotatable bonds is 1. The average Bonchev–Trinajstić information content (AvgIpc) is 2.62. The molecular weight excluding hydrogens is 308 g/mol. The molecule has 1 aliphatic heterocycles. The molecule has 19 heavy (non-hydrogen) atoms. The van der Waals surface area contributed by atoms with Crippen molar-refractivity contribution in [2.75, 3.05) is 4.90 Å². The zero-order valence-electron chi connectivity index (χ0n) is 10.3. The van der Waals surface area contributed by atoms with Crippen molar-refractivity contribution in [2.45, 2.75) is 13.3 Å². The number of hydrogen-bond acceptors (Lipinski definition) is 3. The molecule has 1 atom stereocenters. The largest absolute Gasteiger partial charge is 0.274 e. The van der Waals surface area contributed by atoms with Gasteiger partial charge in [-0.3, -0.25) is 14.6 Å². The quantitative estimate of drug-likeness (QED) is 0.760. The Morgan fingerprint density at radius 2 is 2.16 bits per heavy atom. The molecule has 96 valence electrons. The van der Waals surface area contributed by atoms with Crippen molar-refractivity contribution in [3.8, 4) is 0 Å². The lowest BCUT2D eigenvalue weighted by Gasteiger charge is -2.16. The number of amides is 2. The summed E-state index contributed by atoms with van der Waals surface area (Å²) in [7, 11) is 0. The number of benzene rings is 1. The molecule has 1 aliphatic rings. The first-order valence-electron chi connectivity index (χ1n) is 5.99. The van der Waals surface area contributed by atoms with Crippen LogP contribution in [0.3, 0.4) is 0 Å². The summed E-state index contributed by atoms with van der Waals surface area (Å²) in [6.07, 6.45) is 1.94. The van der Waals surface area contributed by atoms with Gasteiger partial charge in [0.25, 0.3) is 0 Å². The minimum absolute atomic E-state index is 0.151. The molecule has 2 aromatic rings. The second-order valence-electron chi connectivity index (χ2n) is 4.67. The van der Waals surface area contributed by atoms with Gasteiger partial charge in [-0.1, -0.05) is 19.1 Å². The zero-order chi connectivity index (χ0) is 13.6. The molecule has 0 aliphatic carbocycles. The number of fused-ring (bicyclic) bond motifs is 1. The first kappa shape index (κ1) is 12.3. The van der Waals surface area contributed by atoms with E-state index in [-0.39, 0.29) is 24.2 Å². The molecule has 0 saturated carbocycles. The highest BCUT2D eigenvalue weighted by Crippen LogP contribution is 2.32. The third-order valence-corrected chi connectivity index (χ3v) is 3.70. The Kier molecular flexibility index (Phi) is 2.86. The van der Waals surface area contributed by atoms with Crippen molar-refractivity contribution < 1.29 is 9.59 Å². The molecular formula is C14H11BrN2O2. The number of carbonyl (C=O) groups is 2. The van der Waals surface area contributed by atoms with Gasteiger partial charge in [0, 0.05) is 28.4 Å². The van der Waals surface area contributed by atoms with Crippen LogP contribution in [0.5, 0.6) is 0 Å². The third kappa shape index (κ3) is 1.94. The topological polar surface area (TPSA) is 50.3 Å². The van der Waals surface area contributed by atoms with Crippen molar-refractivity contribution >= 4 is 44.3 Å². The number of pyridine rings is 1. The van der Waals surface area contributed by atoms with E-state index in [1.54, 1.807) is 19.2 Å². The van der Waals surface area contributed by atoms with Crippen LogP contribution in [0.15, 0.2) is 34.9 Å². The molecule has 0 N–H and O–H groups in total. The summed E-state index contributed by atoms with van der Waals surface area (Å²) in [5.74, 6) is -0.560. The van der Waals surface area contributed by atoms with Crippen LogP contribution in [0.4, 0.5) is 5.69 Å². The van der Waals surface area contributed by atoms with E-state index in [4.69, 9.17) is 0 Å². The molecule has 1 unspecified atom stereocenters. The molecule has 3 rings (SSSR count). The van der Waals surface area contributed by atoms with Gasteiger partial charge in [-0.15, -0.1) is 0 Å². The molecule has 1 aromatic heterocycles. The maximum absolute atomic E-state index is 12.1. The second-order valence-corrected chi connectivity index (χ2v) is 5.59. The van der Waals surface area contributed by atoms with Crippen molar-refractivity contribution in [3.63, 3.8) is 0 Å². The standard InChI is InChI=1S/C14H11BrN2O2/c1-8-5-12(18)17(14(8)19)11-4-2-3-9-6-10(15)7-16-13(9)11/h2-4,6-8H,5H2,1H3. The van der Waals surface area contributed by atoms with E-state index < -0.39 is 0 Å². The lowest BCUT2D eigenvalue weighted by Crippen LogP contribution is -2.30. The Labute approximate surface area is 118 Å². The van der Waals surface area contributed by atoms with Crippen LogP contribution in [-0.4, -0.2) is 16.8 Å². The van der Waals surface area contributed by atoms with Crippen molar-refractivity contribution in [2.24, 2.45) is 5.92 Å². The fraction of sp³-hybridized carbons (Fsp3) is 0.214. The molecule has 0 radical (unpaired) electrons. The SMILES string of the molecule is CC1CC(=O)N(c2cccc3cc(Br)cnc23)C1=O. The van der Waals surface area contributed by atoms with E-state index in [2.05, 4.69) is 20.9 Å². The number of aromatic nitrogens is 1. The van der Waals surface area contributed by atoms with Gasteiger partial charge in [0.15, 0.2) is 0 Å². The van der Waals surface area contributed by atoms with Crippen LogP contribution in [0.1, 0.15) is 13.3 Å². The smallest absolute Gasteiger partial charge is 0.237 e. The molecule has 2 heterocycles. The number of para-hydroxylation sites is 1. The van der Waals surface area contributed by atoms with Crippen molar-refractivity contribution in [1.29, 1.82) is 0 Å². The third-order valence-electron chi connectivity index (χ3n) is 3.27. The summed E-state index contributed by atoms with van der Waals surface area (Å²) in [4.78, 5) is 29.7. The summed E-state index contributed by atoms with van der Waals surface area (Å²) in [6.45, 7) is 1.77. The molecule has 2 amide bonds. The van der Waals surface area contributed by atoms with Crippen molar-refractivity contribution in [3.05, 3.63) is 34.9 Å². The Hall–Kier alpha value is -1.75. The Morgan fingerprint density at radius 1 is 1.37 bits per heavy atom. The molecule has 0 bridgehead atoms. The maximum Gasteiger partial charge on any atom is 0.237 e. The lowest BCUT2D eigenvalue weighted by atomic mass is 10.1. The minimum atomic E-state index is -0.252. The van der Waals surface area contributed by atoms with Gasteiger partial charge in [-0.05, 0) is 28.1 Å². The molecule has 4 nitrogen and oxygen atoms in total. The van der Waals surface area contributed by atoms with Crippen molar-refractivity contribution in [1.82, 2.24) is 4.98 Å². The summed E-state index contributed by atoms with van der Waals surface area (Å²) >= 11 is 3.36. The van der Waals surface area contributed by atoms with E-state index in [1.165, 1.54) is 4.90 Å². The highest BCUT2D eigenvalue weighted by Gasteiger charge is 2.37. The summed E-state index contributed by atoms with van der Waals surface area (Å²) in [6, 6.07) is 7.41. The Balaban J connectivity index is 2.21.